The highest BCUT2D eigenvalue weighted by atomic mass is 16.5. The molecule has 3 aliphatic rings. The summed E-state index contributed by atoms with van der Waals surface area (Å²) in [6.07, 6.45) is 5.63. The zero-order chi connectivity index (χ0) is 31.6. The lowest BCUT2D eigenvalue weighted by molar-refractivity contribution is -0.157. The number of hydrogen-bond donors (Lipinski definition) is 3. The predicted octanol–water partition coefficient (Wildman–Crippen LogP) is 2.72. The van der Waals surface area contributed by atoms with E-state index in [9.17, 15) is 19.2 Å². The number of ether oxygens (including phenoxy) is 1. The molecule has 5 rings (SSSR count). The number of likely N-dealkylation sites (tertiary alicyclic amines) is 1. The number of nitrogens with one attached hydrogen (secondary N) is 3. The Morgan fingerprint density at radius 1 is 1.00 bits per heavy atom. The molecule has 4 heterocycles. The van der Waals surface area contributed by atoms with Gasteiger partial charge in [0.1, 0.15) is 24.2 Å². The maximum atomic E-state index is 14.0. The van der Waals surface area contributed by atoms with Crippen LogP contribution in [0.3, 0.4) is 0 Å². The number of carbonyl (C=O) groups excluding carboxylic acids is 4. The molecule has 11 nitrogen and oxygen atoms in total. The van der Waals surface area contributed by atoms with Gasteiger partial charge in [-0.1, -0.05) is 44.2 Å². The third-order valence-electron chi connectivity index (χ3n) is 9.08. The Kier molecular flexibility index (Phi) is 9.36. The summed E-state index contributed by atoms with van der Waals surface area (Å²) in [6.45, 7) is 9.00. The van der Waals surface area contributed by atoms with Gasteiger partial charge in [0.05, 0.1) is 16.6 Å². The van der Waals surface area contributed by atoms with Gasteiger partial charge < -0.3 is 20.3 Å². The zero-order valence-corrected chi connectivity index (χ0v) is 26.3. The van der Waals surface area contributed by atoms with Gasteiger partial charge in [0.15, 0.2) is 0 Å². The van der Waals surface area contributed by atoms with E-state index in [2.05, 4.69) is 21.0 Å². The molecule has 2 unspecified atom stereocenters. The Hall–Kier alpha value is -3.83. The van der Waals surface area contributed by atoms with Crippen LogP contribution in [0.4, 0.5) is 0 Å². The first-order chi connectivity index (χ1) is 21.0. The predicted molar refractivity (Wildman–Crippen MR) is 167 cm³/mol. The van der Waals surface area contributed by atoms with Crippen molar-refractivity contribution in [1.29, 1.82) is 0 Å². The van der Waals surface area contributed by atoms with Crippen molar-refractivity contribution in [2.45, 2.75) is 77.6 Å². The summed E-state index contributed by atoms with van der Waals surface area (Å²) >= 11 is 0. The lowest BCUT2D eigenvalue weighted by Crippen LogP contribution is -2.61. The van der Waals surface area contributed by atoms with Gasteiger partial charge in [-0.05, 0) is 83.3 Å². The average molecular weight is 605 g/mol. The van der Waals surface area contributed by atoms with E-state index in [-0.39, 0.29) is 17.7 Å². The molecule has 0 aliphatic carbocycles. The molecule has 11 heteroatoms. The van der Waals surface area contributed by atoms with E-state index in [1.165, 1.54) is 5.01 Å². The molecule has 5 bridgehead atoms. The Labute approximate surface area is 258 Å². The lowest BCUT2D eigenvalue weighted by Gasteiger charge is -2.39. The number of nitrogens with zero attached hydrogens (tertiary/aromatic N) is 3. The van der Waals surface area contributed by atoms with Gasteiger partial charge in [-0.15, -0.1) is 0 Å². The van der Waals surface area contributed by atoms with Crippen molar-refractivity contribution in [3.8, 4) is 0 Å². The number of rotatable bonds is 1. The Morgan fingerprint density at radius 3 is 2.45 bits per heavy atom. The van der Waals surface area contributed by atoms with Crippen LogP contribution in [0.5, 0.6) is 0 Å². The van der Waals surface area contributed by atoms with Gasteiger partial charge >= 0.3 is 5.97 Å². The minimum Gasteiger partial charge on any atom is -0.455 e. The summed E-state index contributed by atoms with van der Waals surface area (Å²) in [7, 11) is 2.04. The lowest BCUT2D eigenvalue weighted by atomic mass is 9.76. The first kappa shape index (κ1) is 31.6. The van der Waals surface area contributed by atoms with E-state index < -0.39 is 41.5 Å². The number of benzene rings is 1. The molecule has 2 saturated heterocycles. The van der Waals surface area contributed by atoms with Crippen LogP contribution in [0, 0.1) is 11.3 Å². The van der Waals surface area contributed by atoms with E-state index in [4.69, 9.17) is 9.72 Å². The molecule has 0 radical (unpaired) electrons. The van der Waals surface area contributed by atoms with Crippen molar-refractivity contribution >= 4 is 40.7 Å². The highest BCUT2D eigenvalue weighted by Crippen LogP contribution is 2.35. The van der Waals surface area contributed by atoms with Gasteiger partial charge in [-0.3, -0.25) is 24.2 Å². The van der Waals surface area contributed by atoms with Crippen LogP contribution < -0.4 is 16.1 Å². The molecule has 1 aromatic carbocycles. The second-order valence-electron chi connectivity index (χ2n) is 12.8. The summed E-state index contributed by atoms with van der Waals surface area (Å²) in [4.78, 5) is 61.0. The molecule has 236 valence electrons. The standard InChI is InChI=1S/C33H44N6O5/c1-20(2)28-29(40)34-21(3)30(41)39-16-6-7-26(37-39)31(42)44-22(4)25-11-10-24-9-8-23(19-27(24)35-25)12-13-33(32(43)36-28)14-17-38(5)18-15-33/h8-13,19-22,26,28,37H,6-7,14-18H2,1-5H3,(H,34,40)(H,36,43)/b13-12+/t21?,22-,26?,28+/m1/s1. The number of pyridine rings is 1. The van der Waals surface area contributed by atoms with Gasteiger partial charge in [-0.2, -0.15) is 0 Å². The normalized spacial score (nSPS) is 28.1. The van der Waals surface area contributed by atoms with E-state index in [0.717, 1.165) is 29.6 Å². The molecule has 4 atom stereocenters. The molecule has 3 N–H and O–H groups in total. The number of fused-ring (bicyclic) bond motifs is 4. The topological polar surface area (TPSA) is 133 Å². The molecular formula is C33H44N6O5. The van der Waals surface area contributed by atoms with Crippen LogP contribution in [0.25, 0.3) is 17.0 Å². The number of amides is 3. The van der Waals surface area contributed by atoms with E-state index in [0.29, 0.717) is 37.9 Å². The molecule has 3 aliphatic heterocycles. The van der Waals surface area contributed by atoms with Gasteiger partial charge in [0, 0.05) is 11.9 Å². The van der Waals surface area contributed by atoms with Gasteiger partial charge in [0.2, 0.25) is 11.8 Å². The summed E-state index contributed by atoms with van der Waals surface area (Å²) in [5.41, 5.74) is 4.45. The first-order valence-corrected chi connectivity index (χ1v) is 15.6. The summed E-state index contributed by atoms with van der Waals surface area (Å²) in [6, 6.07) is 7.31. The fourth-order valence-electron chi connectivity index (χ4n) is 6.07. The van der Waals surface area contributed by atoms with Crippen molar-refractivity contribution in [3.63, 3.8) is 0 Å². The number of aromatic nitrogens is 1. The third kappa shape index (κ3) is 6.78. The monoisotopic (exact) mass is 604 g/mol. The van der Waals surface area contributed by atoms with E-state index >= 15 is 0 Å². The molecular weight excluding hydrogens is 560 g/mol. The highest BCUT2D eigenvalue weighted by Gasteiger charge is 2.41. The Morgan fingerprint density at radius 2 is 1.73 bits per heavy atom. The quantitative estimate of drug-likeness (QED) is 0.424. The molecule has 0 saturated carbocycles. The minimum absolute atomic E-state index is 0.202. The number of piperidine rings is 1. The van der Waals surface area contributed by atoms with Crippen molar-refractivity contribution < 1.29 is 23.9 Å². The maximum Gasteiger partial charge on any atom is 0.325 e. The maximum absolute atomic E-state index is 14.0. The van der Waals surface area contributed by atoms with E-state index in [1.807, 2.05) is 63.4 Å². The molecule has 1 spiro atoms. The van der Waals surface area contributed by atoms with Crippen LogP contribution in [-0.2, 0) is 23.9 Å². The molecule has 2 aromatic rings. The summed E-state index contributed by atoms with van der Waals surface area (Å²) in [5.74, 6) is -1.69. The highest BCUT2D eigenvalue weighted by molar-refractivity contribution is 5.94. The molecule has 3 amide bonds. The summed E-state index contributed by atoms with van der Waals surface area (Å²) < 4.78 is 5.80. The number of esters is 1. The number of hydrogen-bond acceptors (Lipinski definition) is 8. The largest absolute Gasteiger partial charge is 0.455 e. The SMILES string of the molecule is CC1NC(=O)[C@H](C(C)C)NC(=O)C2(/C=C/c3ccc4ccc(nc4c3)[C@@H](C)OC(=O)C3CCCN(N3)C1=O)CCN(C)CC2. The minimum atomic E-state index is -0.879. The average Bonchev–Trinajstić information content (AvgIpc) is 3.01. The fourth-order valence-corrected chi connectivity index (χ4v) is 6.07. The molecule has 2 fully saturated rings. The van der Waals surface area contributed by atoms with Gasteiger partial charge in [0.25, 0.3) is 5.91 Å². The number of cyclic esters (lactones) is 1. The molecule has 44 heavy (non-hydrogen) atoms. The molecule has 1 aromatic heterocycles. The smallest absolute Gasteiger partial charge is 0.325 e. The van der Waals surface area contributed by atoms with Crippen LogP contribution in [-0.4, -0.2) is 83.4 Å². The van der Waals surface area contributed by atoms with E-state index in [1.54, 1.807) is 13.8 Å². The third-order valence-corrected chi connectivity index (χ3v) is 9.08. The van der Waals surface area contributed by atoms with Crippen molar-refractivity contribution in [3.05, 3.63) is 47.7 Å². The van der Waals surface area contributed by atoms with Crippen LogP contribution in [0.2, 0.25) is 0 Å². The van der Waals surface area contributed by atoms with Crippen LogP contribution >= 0.6 is 0 Å². The first-order valence-electron chi connectivity index (χ1n) is 15.6. The Balaban J connectivity index is 1.53. The fraction of sp³-hybridized carbons (Fsp3) is 0.545. The zero-order valence-electron chi connectivity index (χ0n) is 26.3. The van der Waals surface area contributed by atoms with Crippen LogP contribution in [0.15, 0.2) is 36.4 Å². The van der Waals surface area contributed by atoms with Crippen LogP contribution in [0.1, 0.15) is 70.7 Å². The van der Waals surface area contributed by atoms with Crippen molar-refractivity contribution in [1.82, 2.24) is 31.0 Å². The number of hydrazine groups is 1. The Bertz CT molecular complexity index is 1450. The second kappa shape index (κ2) is 13.0. The number of carbonyl (C=O) groups is 4. The second-order valence-corrected chi connectivity index (χ2v) is 12.8. The van der Waals surface area contributed by atoms with Crippen molar-refractivity contribution in [2.75, 3.05) is 26.7 Å². The van der Waals surface area contributed by atoms with Crippen molar-refractivity contribution in [2.24, 2.45) is 11.3 Å². The summed E-state index contributed by atoms with van der Waals surface area (Å²) in [5, 5.41) is 8.17. The van der Waals surface area contributed by atoms with Gasteiger partial charge in [-0.25, -0.2) is 10.4 Å².